The van der Waals surface area contributed by atoms with E-state index in [1.807, 2.05) is 16.9 Å². The molecular weight excluding hydrogens is 623 g/mol. The Bertz CT molecular complexity index is 1610. The van der Waals surface area contributed by atoms with Crippen molar-refractivity contribution in [3.05, 3.63) is 45.8 Å². The van der Waals surface area contributed by atoms with Crippen LogP contribution in [0.2, 0.25) is 0 Å². The van der Waals surface area contributed by atoms with Gasteiger partial charge in [-0.2, -0.15) is 0 Å². The van der Waals surface area contributed by atoms with Crippen LogP contribution in [-0.4, -0.2) is 110 Å². The molecule has 260 valence electrons. The number of nitrogens with zero attached hydrogens (tertiary/aromatic N) is 3. The lowest BCUT2D eigenvalue weighted by molar-refractivity contribution is -0.128. The van der Waals surface area contributed by atoms with Gasteiger partial charge in [0.25, 0.3) is 0 Å². The Kier molecular flexibility index (Phi) is 9.49. The van der Waals surface area contributed by atoms with Crippen LogP contribution in [0.25, 0.3) is 21.5 Å². The van der Waals surface area contributed by atoms with Crippen LogP contribution in [0.15, 0.2) is 24.3 Å². The SMILES string of the molecule is COC1CCN(C(=O)N2CCN(CC(OC)c3c(-c4cc(C)cc(C)c4)[nH]c4sc(C(C)(C)C(=O)C5C6CCC5NC6)cc34)CC2)CC1. The van der Waals surface area contributed by atoms with E-state index in [1.165, 1.54) is 11.1 Å². The molecule has 0 radical (unpaired) electrons. The van der Waals surface area contributed by atoms with Gasteiger partial charge in [0.2, 0.25) is 0 Å². The highest BCUT2D eigenvalue weighted by atomic mass is 32.1. The molecule has 2 N–H and O–H groups in total. The van der Waals surface area contributed by atoms with Gasteiger partial charge in [0.15, 0.2) is 0 Å². The molecule has 4 aliphatic rings. The van der Waals surface area contributed by atoms with Gasteiger partial charge in [0.1, 0.15) is 10.6 Å². The van der Waals surface area contributed by atoms with Crippen LogP contribution in [0.4, 0.5) is 4.79 Å². The number of aryl methyl sites for hydroxylation is 2. The second kappa shape index (κ2) is 13.5. The van der Waals surface area contributed by atoms with Gasteiger partial charge in [-0.15, -0.1) is 11.3 Å². The summed E-state index contributed by atoms with van der Waals surface area (Å²) < 4.78 is 11.8. The van der Waals surface area contributed by atoms with E-state index in [-0.39, 0.29) is 24.2 Å². The molecule has 2 bridgehead atoms. The first-order valence-corrected chi connectivity index (χ1v) is 18.7. The zero-order valence-corrected chi connectivity index (χ0v) is 30.4. The van der Waals surface area contributed by atoms with Crippen molar-refractivity contribution < 1.29 is 19.1 Å². The molecule has 3 aliphatic heterocycles. The first-order chi connectivity index (χ1) is 23.1. The number of piperazine rings is 1. The lowest BCUT2D eigenvalue weighted by Crippen LogP contribution is -2.54. The average Bonchev–Trinajstić information content (AvgIpc) is 3.87. The minimum absolute atomic E-state index is 0.111. The number of methoxy groups -OCH3 is 2. The molecule has 4 atom stereocenters. The van der Waals surface area contributed by atoms with Gasteiger partial charge in [-0.3, -0.25) is 9.69 Å². The summed E-state index contributed by atoms with van der Waals surface area (Å²) in [5.74, 6) is 0.953. The zero-order chi connectivity index (χ0) is 33.7. The van der Waals surface area contributed by atoms with Crippen LogP contribution < -0.4 is 5.32 Å². The molecule has 3 aromatic rings. The summed E-state index contributed by atoms with van der Waals surface area (Å²) in [5.41, 5.74) is 5.29. The van der Waals surface area contributed by atoms with Crippen LogP contribution in [0, 0.1) is 25.7 Å². The smallest absolute Gasteiger partial charge is 0.320 e. The summed E-state index contributed by atoms with van der Waals surface area (Å²) in [6, 6.07) is 9.46. The molecule has 48 heavy (non-hydrogen) atoms. The van der Waals surface area contributed by atoms with Gasteiger partial charge in [0, 0.05) is 87.8 Å². The van der Waals surface area contributed by atoms with E-state index in [0.717, 1.165) is 96.9 Å². The third-order valence-corrected chi connectivity index (χ3v) is 13.1. The van der Waals surface area contributed by atoms with Crippen molar-refractivity contribution in [1.82, 2.24) is 25.0 Å². The Balaban J connectivity index is 1.14. The number of hydrogen-bond donors (Lipinski definition) is 2. The predicted molar refractivity (Wildman–Crippen MR) is 192 cm³/mol. The number of H-pyrrole nitrogens is 1. The lowest BCUT2D eigenvalue weighted by atomic mass is 9.76. The third kappa shape index (κ3) is 6.23. The van der Waals surface area contributed by atoms with Crippen molar-refractivity contribution in [2.45, 2.75) is 77.0 Å². The molecule has 1 aromatic carbocycles. The monoisotopic (exact) mass is 675 g/mol. The highest BCUT2D eigenvalue weighted by Gasteiger charge is 2.50. The molecule has 1 saturated carbocycles. The fourth-order valence-corrected chi connectivity index (χ4v) is 10.1. The van der Waals surface area contributed by atoms with E-state index in [2.05, 4.69) is 67.2 Å². The number of hydrogen-bond acceptors (Lipinski definition) is 7. The first-order valence-electron chi connectivity index (χ1n) is 17.9. The third-order valence-electron chi connectivity index (χ3n) is 11.7. The van der Waals surface area contributed by atoms with Crippen molar-refractivity contribution in [3.8, 4) is 11.3 Å². The maximum absolute atomic E-state index is 14.1. The summed E-state index contributed by atoms with van der Waals surface area (Å²) in [6.45, 7) is 14.8. The molecule has 9 nitrogen and oxygen atoms in total. The lowest BCUT2D eigenvalue weighted by Gasteiger charge is -2.40. The Hall–Kier alpha value is -2.76. The highest BCUT2D eigenvalue weighted by molar-refractivity contribution is 7.19. The molecule has 5 heterocycles. The van der Waals surface area contributed by atoms with Crippen LogP contribution in [0.5, 0.6) is 0 Å². The van der Waals surface area contributed by atoms with Gasteiger partial charge in [-0.05, 0) is 89.6 Å². The Labute approximate surface area is 289 Å². The maximum Gasteiger partial charge on any atom is 0.320 e. The summed E-state index contributed by atoms with van der Waals surface area (Å²) >= 11 is 1.72. The second-order valence-electron chi connectivity index (χ2n) is 15.2. The molecule has 0 spiro atoms. The summed E-state index contributed by atoms with van der Waals surface area (Å²) in [4.78, 5) is 39.9. The number of Topliss-reactive ketones (excluding diaryl/α,β-unsaturated/α-hetero) is 1. The highest BCUT2D eigenvalue weighted by Crippen LogP contribution is 2.47. The molecular formula is C38H53N5O4S. The number of carbonyl (C=O) groups is 2. The van der Waals surface area contributed by atoms with Crippen LogP contribution in [-0.2, 0) is 19.7 Å². The number of likely N-dealkylation sites (tertiary alicyclic amines) is 1. The number of aromatic amines is 1. The Morgan fingerprint density at radius 3 is 2.21 bits per heavy atom. The minimum atomic E-state index is -0.566. The molecule has 10 heteroatoms. The normalized spacial score (nSPS) is 24.6. The molecule has 4 unspecified atom stereocenters. The van der Waals surface area contributed by atoms with E-state index >= 15 is 0 Å². The van der Waals surface area contributed by atoms with E-state index in [4.69, 9.17) is 9.47 Å². The molecule has 3 saturated heterocycles. The van der Waals surface area contributed by atoms with E-state index < -0.39 is 5.41 Å². The number of carbonyl (C=O) groups excluding carboxylic acids is 2. The number of ether oxygens (including phenoxy) is 2. The van der Waals surface area contributed by atoms with Gasteiger partial charge < -0.3 is 29.6 Å². The number of nitrogens with one attached hydrogen (secondary N) is 2. The fourth-order valence-electron chi connectivity index (χ4n) is 8.89. The molecule has 2 aromatic heterocycles. The molecule has 2 amide bonds. The van der Waals surface area contributed by atoms with Crippen LogP contribution >= 0.6 is 11.3 Å². The van der Waals surface area contributed by atoms with Gasteiger partial charge in [-0.1, -0.05) is 17.2 Å². The van der Waals surface area contributed by atoms with Crippen molar-refractivity contribution in [2.75, 3.05) is 66.6 Å². The summed E-state index contributed by atoms with van der Waals surface area (Å²) in [5, 5.41) is 4.74. The van der Waals surface area contributed by atoms with E-state index in [1.54, 1.807) is 18.4 Å². The predicted octanol–water partition coefficient (Wildman–Crippen LogP) is 5.89. The van der Waals surface area contributed by atoms with Crippen LogP contribution in [0.3, 0.4) is 0 Å². The summed E-state index contributed by atoms with van der Waals surface area (Å²) in [7, 11) is 3.57. The number of aromatic nitrogens is 1. The Morgan fingerprint density at radius 1 is 0.938 bits per heavy atom. The zero-order valence-electron chi connectivity index (χ0n) is 29.6. The largest absolute Gasteiger partial charge is 0.381 e. The quantitative estimate of drug-likeness (QED) is 0.294. The molecule has 4 fully saturated rings. The topological polar surface area (TPSA) is 90.1 Å². The number of thiophene rings is 1. The molecule has 7 rings (SSSR count). The number of benzene rings is 1. The standard InChI is InChI=1S/C38H53N5O4S/c1-23-17-24(2)19-26(18-23)34-33(28-20-31(48-36(28)40-34)38(3,4)35(44)32-25-7-8-29(32)39-21-25)30(47-6)22-41-13-15-43(16-14-41)37(45)42-11-9-27(46-5)10-12-42/h17-20,25,27,29-30,32,39-40H,7-16,21-22H2,1-6H3. The number of rotatable bonds is 9. The maximum atomic E-state index is 14.1. The number of ketones is 1. The van der Waals surface area contributed by atoms with Crippen molar-refractivity contribution in [1.29, 1.82) is 0 Å². The summed E-state index contributed by atoms with van der Waals surface area (Å²) in [6.07, 6.45) is 4.15. The fraction of sp³-hybridized carbons (Fsp3) is 0.632. The van der Waals surface area contributed by atoms with Gasteiger partial charge in [-0.25, -0.2) is 4.79 Å². The van der Waals surface area contributed by atoms with Crippen molar-refractivity contribution in [3.63, 3.8) is 0 Å². The van der Waals surface area contributed by atoms with Crippen LogP contribution in [0.1, 0.15) is 67.2 Å². The van der Waals surface area contributed by atoms with E-state index in [9.17, 15) is 9.59 Å². The number of amides is 2. The minimum Gasteiger partial charge on any atom is -0.381 e. The van der Waals surface area contributed by atoms with E-state index in [0.29, 0.717) is 30.8 Å². The molecule has 1 aliphatic carbocycles. The Morgan fingerprint density at radius 2 is 1.62 bits per heavy atom. The number of fused-ring (bicyclic) bond motifs is 3. The number of piperidine rings is 2. The number of urea groups is 1. The first kappa shape index (κ1) is 33.7. The van der Waals surface area contributed by atoms with Gasteiger partial charge in [0.05, 0.1) is 23.3 Å². The second-order valence-corrected chi connectivity index (χ2v) is 16.3. The van der Waals surface area contributed by atoms with Crippen molar-refractivity contribution in [2.24, 2.45) is 11.8 Å². The van der Waals surface area contributed by atoms with Crippen molar-refractivity contribution >= 4 is 33.4 Å². The average molecular weight is 676 g/mol. The van der Waals surface area contributed by atoms with Gasteiger partial charge >= 0.3 is 6.03 Å².